The molecule has 0 aliphatic carbocycles. The van der Waals surface area contributed by atoms with Crippen LogP contribution in [0.2, 0.25) is 0 Å². The summed E-state index contributed by atoms with van der Waals surface area (Å²) < 4.78 is 5.68. The zero-order chi connectivity index (χ0) is 20.1. The van der Waals surface area contributed by atoms with E-state index < -0.39 is 0 Å². The highest BCUT2D eigenvalue weighted by molar-refractivity contribution is 5.56. The quantitative estimate of drug-likeness (QED) is 0.688. The molecule has 1 fully saturated rings. The Morgan fingerprint density at radius 1 is 0.828 bits per heavy atom. The van der Waals surface area contributed by atoms with Crippen molar-refractivity contribution in [1.29, 1.82) is 0 Å². The average molecular weight is 390 g/mol. The first-order chi connectivity index (χ1) is 14.2. The highest BCUT2D eigenvalue weighted by Crippen LogP contribution is 2.21. The molecule has 0 bridgehead atoms. The third-order valence-corrected chi connectivity index (χ3v) is 4.70. The van der Waals surface area contributed by atoms with Gasteiger partial charge >= 0.3 is 0 Å². The van der Waals surface area contributed by atoms with Crippen LogP contribution in [-0.4, -0.2) is 47.2 Å². The number of hydrogen-bond donors (Lipinski definition) is 1. The normalized spacial score (nSPS) is 14.2. The molecule has 4 rings (SSSR count). The smallest absolute Gasteiger partial charge is 0.229 e. The first-order valence-electron chi connectivity index (χ1n) is 9.95. The summed E-state index contributed by atoms with van der Waals surface area (Å²) in [4.78, 5) is 18.1. The van der Waals surface area contributed by atoms with Crippen molar-refractivity contribution in [2.75, 3.05) is 41.3 Å². The van der Waals surface area contributed by atoms with Crippen LogP contribution in [0.15, 0.2) is 60.9 Å². The Bertz CT molecular complexity index is 908. The molecular weight excluding hydrogens is 364 g/mol. The number of aromatic nitrogens is 3. The number of rotatable bonds is 6. The lowest BCUT2D eigenvalue weighted by molar-refractivity contribution is 0.242. The van der Waals surface area contributed by atoms with Crippen LogP contribution in [0.25, 0.3) is 0 Å². The van der Waals surface area contributed by atoms with Gasteiger partial charge in [-0.1, -0.05) is 6.07 Å². The first kappa shape index (κ1) is 19.0. The van der Waals surface area contributed by atoms with E-state index in [1.165, 1.54) is 0 Å². The van der Waals surface area contributed by atoms with Crippen molar-refractivity contribution >= 4 is 23.3 Å². The van der Waals surface area contributed by atoms with Gasteiger partial charge in [0.1, 0.15) is 17.4 Å². The van der Waals surface area contributed by atoms with E-state index >= 15 is 0 Å². The van der Waals surface area contributed by atoms with Crippen LogP contribution in [0, 0.1) is 0 Å². The monoisotopic (exact) mass is 390 g/mol. The SMILES string of the molecule is CC(C)Oc1ccc(Nc2nccc(N3CCN(c4ccccn4)CC3)n2)cc1. The minimum atomic E-state index is 0.159. The summed E-state index contributed by atoms with van der Waals surface area (Å²) >= 11 is 0. The van der Waals surface area contributed by atoms with Crippen molar-refractivity contribution in [3.63, 3.8) is 0 Å². The van der Waals surface area contributed by atoms with Gasteiger partial charge in [0.2, 0.25) is 5.95 Å². The fraction of sp³-hybridized carbons (Fsp3) is 0.318. The molecule has 0 saturated carbocycles. The molecular formula is C22H26N6O. The second kappa shape index (κ2) is 8.77. The molecule has 1 N–H and O–H groups in total. The minimum Gasteiger partial charge on any atom is -0.491 e. The maximum Gasteiger partial charge on any atom is 0.229 e. The molecule has 1 aliphatic heterocycles. The fourth-order valence-electron chi connectivity index (χ4n) is 3.31. The van der Waals surface area contributed by atoms with Gasteiger partial charge in [0, 0.05) is 44.3 Å². The molecule has 0 amide bonds. The van der Waals surface area contributed by atoms with Crippen molar-refractivity contribution < 1.29 is 4.74 Å². The van der Waals surface area contributed by atoms with Gasteiger partial charge in [0.05, 0.1) is 6.10 Å². The molecule has 0 atom stereocenters. The van der Waals surface area contributed by atoms with Gasteiger partial charge in [0.25, 0.3) is 0 Å². The zero-order valence-corrected chi connectivity index (χ0v) is 16.8. The van der Waals surface area contributed by atoms with Crippen molar-refractivity contribution in [1.82, 2.24) is 15.0 Å². The largest absolute Gasteiger partial charge is 0.491 e. The van der Waals surface area contributed by atoms with Crippen LogP contribution >= 0.6 is 0 Å². The highest BCUT2D eigenvalue weighted by Gasteiger charge is 2.19. The molecule has 1 aliphatic rings. The third-order valence-electron chi connectivity index (χ3n) is 4.70. The zero-order valence-electron chi connectivity index (χ0n) is 16.8. The summed E-state index contributed by atoms with van der Waals surface area (Å²) in [5.41, 5.74) is 0.929. The van der Waals surface area contributed by atoms with Crippen molar-refractivity contribution in [3.05, 3.63) is 60.9 Å². The van der Waals surface area contributed by atoms with Crippen LogP contribution in [0.3, 0.4) is 0 Å². The second-order valence-electron chi connectivity index (χ2n) is 7.22. The van der Waals surface area contributed by atoms with Gasteiger partial charge in [-0.15, -0.1) is 0 Å². The third kappa shape index (κ3) is 4.93. The number of benzene rings is 1. The van der Waals surface area contributed by atoms with Gasteiger partial charge in [0.15, 0.2) is 0 Å². The Morgan fingerprint density at radius 3 is 2.21 bits per heavy atom. The Labute approximate surface area is 171 Å². The molecule has 0 radical (unpaired) electrons. The van der Waals surface area contributed by atoms with Crippen LogP contribution in [-0.2, 0) is 0 Å². The van der Waals surface area contributed by atoms with Gasteiger partial charge in [-0.3, -0.25) is 0 Å². The molecule has 29 heavy (non-hydrogen) atoms. The molecule has 0 unspecified atom stereocenters. The maximum absolute atomic E-state index is 5.68. The number of hydrogen-bond acceptors (Lipinski definition) is 7. The summed E-state index contributed by atoms with van der Waals surface area (Å²) in [7, 11) is 0. The molecule has 7 nitrogen and oxygen atoms in total. The summed E-state index contributed by atoms with van der Waals surface area (Å²) in [5.74, 6) is 3.41. The van der Waals surface area contributed by atoms with Gasteiger partial charge < -0.3 is 19.9 Å². The minimum absolute atomic E-state index is 0.159. The standard InChI is InChI=1S/C22H26N6O/c1-17(2)29-19-8-6-18(7-9-19)25-22-24-12-10-21(26-22)28-15-13-27(14-16-28)20-5-3-4-11-23-20/h3-12,17H,13-16H2,1-2H3,(H,24,25,26). The Hall–Kier alpha value is -3.35. The number of nitrogens with one attached hydrogen (secondary N) is 1. The number of pyridine rings is 1. The summed E-state index contributed by atoms with van der Waals surface area (Å²) in [6.07, 6.45) is 3.80. The van der Waals surface area contributed by atoms with E-state index in [1.807, 2.05) is 62.5 Å². The number of ether oxygens (including phenoxy) is 1. The van der Waals surface area contributed by atoms with Crippen LogP contribution in [0.5, 0.6) is 5.75 Å². The molecule has 150 valence electrons. The number of piperazine rings is 1. The molecule has 2 aromatic heterocycles. The van der Waals surface area contributed by atoms with E-state index in [2.05, 4.69) is 31.2 Å². The first-order valence-corrected chi connectivity index (χ1v) is 9.95. The summed E-state index contributed by atoms with van der Waals surface area (Å²) in [6, 6.07) is 15.8. The molecule has 1 aromatic carbocycles. The second-order valence-corrected chi connectivity index (χ2v) is 7.22. The van der Waals surface area contributed by atoms with E-state index in [0.29, 0.717) is 5.95 Å². The van der Waals surface area contributed by atoms with Crippen molar-refractivity contribution in [2.24, 2.45) is 0 Å². The van der Waals surface area contributed by atoms with E-state index in [1.54, 1.807) is 6.20 Å². The molecule has 3 heterocycles. The Kier molecular flexibility index (Phi) is 5.74. The molecule has 3 aromatic rings. The van der Waals surface area contributed by atoms with Crippen molar-refractivity contribution in [3.8, 4) is 5.75 Å². The van der Waals surface area contributed by atoms with Crippen LogP contribution in [0.1, 0.15) is 13.8 Å². The van der Waals surface area contributed by atoms with Gasteiger partial charge in [-0.2, -0.15) is 4.98 Å². The maximum atomic E-state index is 5.68. The topological polar surface area (TPSA) is 66.4 Å². The summed E-state index contributed by atoms with van der Waals surface area (Å²) in [5, 5.41) is 3.27. The van der Waals surface area contributed by atoms with E-state index in [0.717, 1.165) is 49.3 Å². The lowest BCUT2D eigenvalue weighted by Crippen LogP contribution is -2.47. The van der Waals surface area contributed by atoms with Gasteiger partial charge in [-0.25, -0.2) is 9.97 Å². The van der Waals surface area contributed by atoms with E-state index in [4.69, 9.17) is 9.72 Å². The van der Waals surface area contributed by atoms with E-state index in [9.17, 15) is 0 Å². The number of nitrogens with zero attached hydrogens (tertiary/aromatic N) is 5. The average Bonchev–Trinajstić information content (AvgIpc) is 2.76. The lowest BCUT2D eigenvalue weighted by Gasteiger charge is -2.36. The van der Waals surface area contributed by atoms with Crippen LogP contribution < -0.4 is 19.9 Å². The fourth-order valence-corrected chi connectivity index (χ4v) is 3.31. The Balaban J connectivity index is 1.38. The summed E-state index contributed by atoms with van der Waals surface area (Å²) in [6.45, 7) is 7.66. The number of anilines is 4. The predicted molar refractivity (Wildman–Crippen MR) is 116 cm³/mol. The molecule has 0 spiro atoms. The molecule has 7 heteroatoms. The lowest BCUT2D eigenvalue weighted by atomic mass is 10.3. The Morgan fingerprint density at radius 2 is 1.55 bits per heavy atom. The van der Waals surface area contributed by atoms with E-state index in [-0.39, 0.29) is 6.10 Å². The predicted octanol–water partition coefficient (Wildman–Crippen LogP) is 3.73. The van der Waals surface area contributed by atoms with Crippen LogP contribution in [0.4, 0.5) is 23.3 Å². The van der Waals surface area contributed by atoms with Gasteiger partial charge in [-0.05, 0) is 56.3 Å². The highest BCUT2D eigenvalue weighted by atomic mass is 16.5. The van der Waals surface area contributed by atoms with Crippen molar-refractivity contribution in [2.45, 2.75) is 20.0 Å². The molecule has 1 saturated heterocycles.